The summed E-state index contributed by atoms with van der Waals surface area (Å²) in [4.78, 5) is 27.9. The van der Waals surface area contributed by atoms with Gasteiger partial charge in [-0.3, -0.25) is 14.5 Å². The van der Waals surface area contributed by atoms with E-state index >= 15 is 0 Å². The Balaban J connectivity index is 1.94. The van der Waals surface area contributed by atoms with Crippen LogP contribution < -0.4 is 10.1 Å². The highest BCUT2D eigenvalue weighted by Crippen LogP contribution is 2.32. The van der Waals surface area contributed by atoms with Gasteiger partial charge in [0, 0.05) is 25.4 Å². The summed E-state index contributed by atoms with van der Waals surface area (Å²) >= 11 is 0. The Labute approximate surface area is 190 Å². The van der Waals surface area contributed by atoms with Gasteiger partial charge in [0.25, 0.3) is 11.8 Å². The second kappa shape index (κ2) is 11.0. The summed E-state index contributed by atoms with van der Waals surface area (Å²) in [6.07, 6.45) is 1.51. The monoisotopic (exact) mass is 436 g/mol. The molecule has 2 aromatic rings. The van der Waals surface area contributed by atoms with Crippen LogP contribution in [0.4, 0.5) is 5.69 Å². The maximum absolute atomic E-state index is 13.3. The molecule has 0 aromatic heterocycles. The topological polar surface area (TPSA) is 67.9 Å². The molecule has 6 nitrogen and oxygen atoms in total. The fourth-order valence-electron chi connectivity index (χ4n) is 3.59. The number of hydrogen-bond acceptors (Lipinski definition) is 5. The third-order valence-electron chi connectivity index (χ3n) is 5.52. The second-order valence-corrected chi connectivity index (χ2v) is 7.81. The summed E-state index contributed by atoms with van der Waals surface area (Å²) in [5, 5.41) is 3.26. The number of imide groups is 1. The standard InChI is InChI=1S/C26H32N2O4/c1-5-16-32-21-13-11-20(12-14-21)23-24(27-22-10-7-9-18(3)19(22)4)26(30)28(25(23)29)15-8-17-31-6-2/h7,9-14,27H,5-6,8,15-17H2,1-4H3. The van der Waals surface area contributed by atoms with Crippen molar-refractivity contribution in [3.8, 4) is 5.75 Å². The number of carbonyl (C=O) groups excluding carboxylic acids is 2. The zero-order valence-electron chi connectivity index (χ0n) is 19.4. The van der Waals surface area contributed by atoms with E-state index in [1.165, 1.54) is 4.90 Å². The minimum atomic E-state index is -0.311. The van der Waals surface area contributed by atoms with Crippen LogP contribution in [0.25, 0.3) is 5.57 Å². The van der Waals surface area contributed by atoms with Crippen molar-refractivity contribution in [2.24, 2.45) is 0 Å². The van der Waals surface area contributed by atoms with Gasteiger partial charge >= 0.3 is 0 Å². The number of carbonyl (C=O) groups is 2. The summed E-state index contributed by atoms with van der Waals surface area (Å²) < 4.78 is 11.0. The van der Waals surface area contributed by atoms with Gasteiger partial charge < -0.3 is 14.8 Å². The Hall–Kier alpha value is -3.12. The van der Waals surface area contributed by atoms with Gasteiger partial charge in [-0.25, -0.2) is 0 Å². The van der Waals surface area contributed by atoms with Crippen LogP contribution in [-0.4, -0.2) is 43.1 Å². The SMILES string of the molecule is CCCOc1ccc(C2=C(Nc3cccc(C)c3C)C(=O)N(CCCOCC)C2=O)cc1. The average molecular weight is 437 g/mol. The number of benzene rings is 2. The van der Waals surface area contributed by atoms with Crippen molar-refractivity contribution in [2.75, 3.05) is 31.7 Å². The van der Waals surface area contributed by atoms with Crippen LogP contribution >= 0.6 is 0 Å². The lowest BCUT2D eigenvalue weighted by atomic mass is 10.0. The summed E-state index contributed by atoms with van der Waals surface area (Å²) in [7, 11) is 0. The molecule has 0 unspecified atom stereocenters. The molecule has 3 rings (SSSR count). The van der Waals surface area contributed by atoms with Gasteiger partial charge in [-0.1, -0.05) is 31.2 Å². The number of ether oxygens (including phenoxy) is 2. The number of amides is 2. The number of anilines is 1. The van der Waals surface area contributed by atoms with Crippen molar-refractivity contribution in [1.29, 1.82) is 0 Å². The number of hydrogen-bond donors (Lipinski definition) is 1. The normalized spacial score (nSPS) is 13.8. The van der Waals surface area contributed by atoms with E-state index in [-0.39, 0.29) is 11.8 Å². The summed E-state index contributed by atoms with van der Waals surface area (Å²) in [6, 6.07) is 13.2. The molecule has 0 saturated heterocycles. The zero-order valence-corrected chi connectivity index (χ0v) is 19.4. The van der Waals surface area contributed by atoms with Crippen molar-refractivity contribution < 1.29 is 19.1 Å². The van der Waals surface area contributed by atoms with Crippen molar-refractivity contribution in [1.82, 2.24) is 4.90 Å². The van der Waals surface area contributed by atoms with Gasteiger partial charge in [-0.15, -0.1) is 0 Å². The lowest BCUT2D eigenvalue weighted by Crippen LogP contribution is -2.34. The molecular formula is C26H32N2O4. The van der Waals surface area contributed by atoms with E-state index in [2.05, 4.69) is 5.32 Å². The summed E-state index contributed by atoms with van der Waals surface area (Å²) in [5.41, 5.74) is 4.35. The maximum atomic E-state index is 13.3. The first-order chi connectivity index (χ1) is 15.5. The molecule has 0 aliphatic carbocycles. The molecule has 2 aromatic carbocycles. The average Bonchev–Trinajstić information content (AvgIpc) is 3.02. The van der Waals surface area contributed by atoms with Gasteiger partial charge in [-0.2, -0.15) is 0 Å². The predicted octanol–water partition coefficient (Wildman–Crippen LogP) is 4.71. The highest BCUT2D eigenvalue weighted by atomic mass is 16.5. The maximum Gasteiger partial charge on any atom is 0.278 e. The molecular weight excluding hydrogens is 404 g/mol. The third-order valence-corrected chi connectivity index (χ3v) is 5.52. The molecule has 1 heterocycles. The van der Waals surface area contributed by atoms with Crippen molar-refractivity contribution in [3.05, 3.63) is 64.9 Å². The van der Waals surface area contributed by atoms with E-state index in [0.29, 0.717) is 49.6 Å². The quantitative estimate of drug-likeness (QED) is 0.408. The molecule has 32 heavy (non-hydrogen) atoms. The van der Waals surface area contributed by atoms with Crippen molar-refractivity contribution in [2.45, 2.75) is 40.5 Å². The molecule has 0 fully saturated rings. The second-order valence-electron chi connectivity index (χ2n) is 7.81. The number of rotatable bonds is 11. The van der Waals surface area contributed by atoms with Crippen molar-refractivity contribution >= 4 is 23.1 Å². The summed E-state index contributed by atoms with van der Waals surface area (Å²) in [6.45, 7) is 10.1. The van der Waals surface area contributed by atoms with Gasteiger partial charge in [0.15, 0.2) is 0 Å². The molecule has 0 spiro atoms. The summed E-state index contributed by atoms with van der Waals surface area (Å²) in [5.74, 6) is 0.140. The van der Waals surface area contributed by atoms with Crippen LogP contribution in [0.5, 0.6) is 5.75 Å². The van der Waals surface area contributed by atoms with Gasteiger partial charge in [0.2, 0.25) is 0 Å². The third kappa shape index (κ3) is 5.19. The first-order valence-corrected chi connectivity index (χ1v) is 11.2. The molecule has 1 aliphatic rings. The van der Waals surface area contributed by atoms with Gasteiger partial charge in [0.05, 0.1) is 12.2 Å². The molecule has 0 bridgehead atoms. The Morgan fingerprint density at radius 3 is 2.38 bits per heavy atom. The van der Waals surface area contributed by atoms with Crippen LogP contribution in [0.2, 0.25) is 0 Å². The Morgan fingerprint density at radius 1 is 0.938 bits per heavy atom. The van der Waals surface area contributed by atoms with Crippen molar-refractivity contribution in [3.63, 3.8) is 0 Å². The lowest BCUT2D eigenvalue weighted by molar-refractivity contribution is -0.137. The molecule has 2 amide bonds. The van der Waals surface area contributed by atoms with Crippen LogP contribution in [0.1, 0.15) is 43.4 Å². The largest absolute Gasteiger partial charge is 0.494 e. The number of nitrogens with one attached hydrogen (secondary N) is 1. The fraction of sp³-hybridized carbons (Fsp3) is 0.385. The Bertz CT molecular complexity index is 995. The van der Waals surface area contributed by atoms with Crippen LogP contribution in [0, 0.1) is 13.8 Å². The van der Waals surface area contributed by atoms with Crippen LogP contribution in [0.15, 0.2) is 48.2 Å². The molecule has 0 saturated carbocycles. The number of aryl methyl sites for hydroxylation is 1. The van der Waals surface area contributed by atoms with Gasteiger partial charge in [0.1, 0.15) is 11.4 Å². The van der Waals surface area contributed by atoms with Crippen LogP contribution in [0.3, 0.4) is 0 Å². The minimum Gasteiger partial charge on any atom is -0.494 e. The molecule has 6 heteroatoms. The smallest absolute Gasteiger partial charge is 0.278 e. The molecule has 0 radical (unpaired) electrons. The van der Waals surface area contributed by atoms with E-state index < -0.39 is 0 Å². The van der Waals surface area contributed by atoms with E-state index in [1.807, 2.05) is 70.2 Å². The van der Waals surface area contributed by atoms with E-state index in [9.17, 15) is 9.59 Å². The number of nitrogens with zero attached hydrogens (tertiary/aromatic N) is 1. The molecule has 0 atom stereocenters. The zero-order chi connectivity index (χ0) is 23.1. The minimum absolute atomic E-state index is 0.290. The lowest BCUT2D eigenvalue weighted by Gasteiger charge is -2.16. The molecule has 170 valence electrons. The highest BCUT2D eigenvalue weighted by Gasteiger charge is 2.39. The van der Waals surface area contributed by atoms with E-state index in [0.717, 1.165) is 29.0 Å². The fourth-order valence-corrected chi connectivity index (χ4v) is 3.59. The van der Waals surface area contributed by atoms with Gasteiger partial charge in [-0.05, 0) is 68.5 Å². The predicted molar refractivity (Wildman–Crippen MR) is 127 cm³/mol. The van der Waals surface area contributed by atoms with E-state index in [1.54, 1.807) is 0 Å². The first-order valence-electron chi connectivity index (χ1n) is 11.2. The molecule has 1 N–H and O–H groups in total. The molecule has 1 aliphatic heterocycles. The highest BCUT2D eigenvalue weighted by molar-refractivity contribution is 6.36. The Morgan fingerprint density at radius 2 is 1.69 bits per heavy atom. The first kappa shape index (κ1) is 23.5. The van der Waals surface area contributed by atoms with E-state index in [4.69, 9.17) is 9.47 Å². The van der Waals surface area contributed by atoms with Crippen LogP contribution in [-0.2, 0) is 14.3 Å². The Kier molecular flexibility index (Phi) is 8.06.